The fourth-order valence-corrected chi connectivity index (χ4v) is 3.85. The first-order valence-corrected chi connectivity index (χ1v) is 8.20. The van der Waals surface area contributed by atoms with E-state index in [4.69, 9.17) is 11.6 Å². The average Bonchev–Trinajstić information content (AvgIpc) is 2.97. The van der Waals surface area contributed by atoms with Crippen LogP contribution < -0.4 is 5.32 Å². The minimum atomic E-state index is 0.302. The quantitative estimate of drug-likeness (QED) is 0.852. The van der Waals surface area contributed by atoms with Crippen LogP contribution in [0.5, 0.6) is 0 Å². The Hall–Kier alpha value is -0.420. The van der Waals surface area contributed by atoms with Gasteiger partial charge in [0.1, 0.15) is 0 Å². The van der Waals surface area contributed by atoms with Crippen molar-refractivity contribution in [1.29, 1.82) is 0 Å². The van der Waals surface area contributed by atoms with Gasteiger partial charge in [-0.3, -0.25) is 4.98 Å². The zero-order valence-electron chi connectivity index (χ0n) is 10.6. The number of thiazole rings is 1. The molecule has 0 bridgehead atoms. The van der Waals surface area contributed by atoms with E-state index in [1.165, 1.54) is 15.3 Å². The van der Waals surface area contributed by atoms with Gasteiger partial charge in [-0.2, -0.15) is 0 Å². The lowest BCUT2D eigenvalue weighted by Gasteiger charge is -2.17. The summed E-state index contributed by atoms with van der Waals surface area (Å²) in [7, 11) is 0. The fraction of sp³-hybridized carbons (Fsp3) is 0.462. The number of hydrogen-bond acceptors (Lipinski definition) is 4. The van der Waals surface area contributed by atoms with Crippen molar-refractivity contribution < 1.29 is 0 Å². The van der Waals surface area contributed by atoms with E-state index in [1.54, 1.807) is 22.7 Å². The van der Waals surface area contributed by atoms with Crippen molar-refractivity contribution in [3.8, 4) is 0 Å². The second-order valence-corrected chi connectivity index (χ2v) is 6.54. The molecule has 1 atom stereocenters. The minimum absolute atomic E-state index is 0.302. The monoisotopic (exact) mass is 300 g/mol. The van der Waals surface area contributed by atoms with Gasteiger partial charge in [0.05, 0.1) is 10.5 Å². The van der Waals surface area contributed by atoms with Crippen LogP contribution >= 0.6 is 34.3 Å². The van der Waals surface area contributed by atoms with E-state index in [-0.39, 0.29) is 0 Å². The number of thiophene rings is 1. The Balaban J connectivity index is 2.16. The van der Waals surface area contributed by atoms with Gasteiger partial charge >= 0.3 is 0 Å². The molecular formula is C13H17ClN2S2. The summed E-state index contributed by atoms with van der Waals surface area (Å²) in [6.07, 6.45) is 4.03. The van der Waals surface area contributed by atoms with E-state index in [9.17, 15) is 0 Å². The molecule has 0 aliphatic heterocycles. The van der Waals surface area contributed by atoms with Crippen molar-refractivity contribution in [1.82, 2.24) is 10.3 Å². The van der Waals surface area contributed by atoms with Crippen LogP contribution in [0.4, 0.5) is 0 Å². The second kappa shape index (κ2) is 6.66. The molecule has 1 unspecified atom stereocenters. The minimum Gasteiger partial charge on any atom is -0.309 e. The zero-order valence-corrected chi connectivity index (χ0v) is 13.0. The SMILES string of the molecule is CCCNC(Cc1cncs1)c1scc(C)c1Cl. The molecular weight excluding hydrogens is 284 g/mol. The molecule has 2 rings (SSSR count). The van der Waals surface area contributed by atoms with Crippen molar-refractivity contribution in [2.24, 2.45) is 0 Å². The van der Waals surface area contributed by atoms with Gasteiger partial charge in [0.15, 0.2) is 0 Å². The second-order valence-electron chi connectivity index (χ2n) is 4.28. The van der Waals surface area contributed by atoms with Gasteiger partial charge in [-0.25, -0.2) is 0 Å². The number of aryl methyl sites for hydroxylation is 1. The molecule has 18 heavy (non-hydrogen) atoms. The van der Waals surface area contributed by atoms with Crippen molar-refractivity contribution in [3.63, 3.8) is 0 Å². The van der Waals surface area contributed by atoms with Crippen LogP contribution in [0, 0.1) is 6.92 Å². The molecule has 2 heterocycles. The normalized spacial score (nSPS) is 12.8. The van der Waals surface area contributed by atoms with Crippen LogP contribution in [0.15, 0.2) is 17.1 Å². The smallest absolute Gasteiger partial charge is 0.0794 e. The third-order valence-electron chi connectivity index (χ3n) is 2.77. The van der Waals surface area contributed by atoms with Gasteiger partial charge in [0, 0.05) is 28.4 Å². The topological polar surface area (TPSA) is 24.9 Å². The maximum atomic E-state index is 6.38. The molecule has 1 N–H and O–H groups in total. The molecule has 0 aliphatic carbocycles. The van der Waals surface area contributed by atoms with Crippen LogP contribution in [0.1, 0.15) is 34.7 Å². The van der Waals surface area contributed by atoms with Crippen LogP contribution in [0.25, 0.3) is 0 Å². The van der Waals surface area contributed by atoms with Gasteiger partial charge in [-0.05, 0) is 30.8 Å². The highest BCUT2D eigenvalue weighted by Crippen LogP contribution is 2.34. The van der Waals surface area contributed by atoms with Gasteiger partial charge in [-0.15, -0.1) is 22.7 Å². The van der Waals surface area contributed by atoms with Crippen molar-refractivity contribution in [3.05, 3.63) is 37.4 Å². The van der Waals surface area contributed by atoms with E-state index in [2.05, 4.69) is 29.5 Å². The highest BCUT2D eigenvalue weighted by atomic mass is 35.5. The van der Waals surface area contributed by atoms with Crippen molar-refractivity contribution >= 4 is 34.3 Å². The maximum Gasteiger partial charge on any atom is 0.0794 e. The Morgan fingerprint density at radius 2 is 2.28 bits per heavy atom. The third-order valence-corrected chi connectivity index (χ3v) is 5.40. The summed E-state index contributed by atoms with van der Waals surface area (Å²) in [5, 5.41) is 6.63. The summed E-state index contributed by atoms with van der Waals surface area (Å²) >= 11 is 9.83. The first kappa shape index (κ1) is 14.0. The first-order chi connectivity index (χ1) is 8.72. The third kappa shape index (κ3) is 3.32. The Kier molecular flexibility index (Phi) is 5.18. The van der Waals surface area contributed by atoms with Crippen LogP contribution in [-0.2, 0) is 6.42 Å². The molecule has 0 amide bonds. The highest BCUT2D eigenvalue weighted by molar-refractivity contribution is 7.11. The van der Waals surface area contributed by atoms with E-state index < -0.39 is 0 Å². The number of nitrogens with zero attached hydrogens (tertiary/aromatic N) is 1. The molecule has 0 fully saturated rings. The van der Waals surface area contributed by atoms with Crippen molar-refractivity contribution in [2.45, 2.75) is 32.7 Å². The van der Waals surface area contributed by atoms with Gasteiger partial charge in [0.2, 0.25) is 0 Å². The lowest BCUT2D eigenvalue weighted by molar-refractivity contribution is 0.539. The van der Waals surface area contributed by atoms with Crippen molar-refractivity contribution in [2.75, 3.05) is 6.54 Å². The average molecular weight is 301 g/mol. The standard InChI is InChI=1S/C13H17ClN2S2/c1-3-4-16-11(5-10-6-15-8-18-10)13-12(14)9(2)7-17-13/h6-8,11,16H,3-5H2,1-2H3. The number of aromatic nitrogens is 1. The predicted molar refractivity (Wildman–Crippen MR) is 80.9 cm³/mol. The summed E-state index contributed by atoms with van der Waals surface area (Å²) in [6, 6.07) is 0.302. The number of nitrogens with one attached hydrogen (secondary N) is 1. The largest absolute Gasteiger partial charge is 0.309 e. The van der Waals surface area contributed by atoms with Gasteiger partial charge in [0.25, 0.3) is 0 Å². The Bertz CT molecular complexity index is 479. The molecule has 0 saturated carbocycles. The lowest BCUT2D eigenvalue weighted by Crippen LogP contribution is -2.23. The molecule has 5 heteroatoms. The zero-order chi connectivity index (χ0) is 13.0. The van der Waals surface area contributed by atoms with E-state index in [1.807, 2.05) is 11.7 Å². The molecule has 0 saturated heterocycles. The summed E-state index contributed by atoms with van der Waals surface area (Å²) in [5.74, 6) is 0. The van der Waals surface area contributed by atoms with E-state index >= 15 is 0 Å². The Labute approximate surface area is 121 Å². The molecule has 2 nitrogen and oxygen atoms in total. The molecule has 98 valence electrons. The molecule has 0 radical (unpaired) electrons. The van der Waals surface area contributed by atoms with Crippen LogP contribution in [0.3, 0.4) is 0 Å². The maximum absolute atomic E-state index is 6.38. The number of halogens is 1. The van der Waals surface area contributed by atoms with E-state index in [0.717, 1.165) is 24.4 Å². The van der Waals surface area contributed by atoms with E-state index in [0.29, 0.717) is 6.04 Å². The molecule has 2 aromatic heterocycles. The molecule has 0 aliphatic rings. The molecule has 2 aromatic rings. The Morgan fingerprint density at radius 1 is 1.44 bits per heavy atom. The first-order valence-electron chi connectivity index (χ1n) is 6.06. The van der Waals surface area contributed by atoms with Crippen LogP contribution in [0.2, 0.25) is 5.02 Å². The van der Waals surface area contributed by atoms with Crippen LogP contribution in [-0.4, -0.2) is 11.5 Å². The summed E-state index contributed by atoms with van der Waals surface area (Å²) in [5.41, 5.74) is 3.05. The number of rotatable bonds is 6. The summed E-state index contributed by atoms with van der Waals surface area (Å²) in [6.45, 7) is 5.25. The fourth-order valence-electron chi connectivity index (χ4n) is 1.81. The lowest BCUT2D eigenvalue weighted by atomic mass is 10.1. The predicted octanol–water partition coefficient (Wildman–Crippen LogP) is 4.45. The number of hydrogen-bond donors (Lipinski definition) is 1. The van der Waals surface area contributed by atoms with Gasteiger partial charge in [-0.1, -0.05) is 18.5 Å². The summed E-state index contributed by atoms with van der Waals surface area (Å²) < 4.78 is 0. The van der Waals surface area contributed by atoms with Gasteiger partial charge < -0.3 is 5.32 Å². The highest BCUT2D eigenvalue weighted by Gasteiger charge is 2.18. The Morgan fingerprint density at radius 3 is 2.83 bits per heavy atom. The molecule has 0 aromatic carbocycles. The molecule has 0 spiro atoms. The summed E-state index contributed by atoms with van der Waals surface area (Å²) in [4.78, 5) is 6.68.